The maximum Gasteiger partial charge on any atom is 0.350 e. The second-order valence-corrected chi connectivity index (χ2v) is 11.7. The fourth-order valence-corrected chi connectivity index (χ4v) is 7.14. The van der Waals surface area contributed by atoms with Crippen LogP contribution in [0.1, 0.15) is 42.6 Å². The number of benzene rings is 3. The van der Waals surface area contributed by atoms with E-state index in [1.165, 1.54) is 15.9 Å². The van der Waals surface area contributed by atoms with Gasteiger partial charge in [0.05, 0.1) is 28.9 Å². The summed E-state index contributed by atoms with van der Waals surface area (Å²) in [5.74, 6) is -2.20. The van der Waals surface area contributed by atoms with Crippen molar-refractivity contribution in [2.24, 2.45) is 0 Å². The first-order chi connectivity index (χ1) is 21.3. The van der Waals surface area contributed by atoms with Crippen LogP contribution in [0.3, 0.4) is 0 Å². The van der Waals surface area contributed by atoms with Gasteiger partial charge >= 0.3 is 5.97 Å². The number of para-hydroxylation sites is 2. The maximum absolute atomic E-state index is 15.0. The molecule has 1 unspecified atom stereocenters. The van der Waals surface area contributed by atoms with Crippen LogP contribution in [0.25, 0.3) is 11.0 Å². The second kappa shape index (κ2) is 10.3. The number of esters is 1. The number of ether oxygens (including phenoxy) is 1. The van der Waals surface area contributed by atoms with Crippen molar-refractivity contribution in [2.75, 3.05) is 16.4 Å². The predicted molar refractivity (Wildman–Crippen MR) is 166 cm³/mol. The third kappa shape index (κ3) is 3.81. The van der Waals surface area contributed by atoms with E-state index in [4.69, 9.17) is 20.8 Å². The number of fused-ring (bicyclic) bond motifs is 5. The van der Waals surface area contributed by atoms with Crippen LogP contribution in [0.15, 0.2) is 94.7 Å². The minimum atomic E-state index is -1.97. The SMILES string of the molecule is C=CCOC(=O)c1sc(N2C(=O)c3oc4ccccc4c(=O)c3C23C(=O)N(Cc2ccccc2Cl)c2ccccc23)nc1C. The topological polar surface area (TPSA) is 110 Å². The molecule has 218 valence electrons. The molecule has 0 saturated carbocycles. The number of hydrogen-bond donors (Lipinski definition) is 0. The van der Waals surface area contributed by atoms with Crippen molar-refractivity contribution in [1.29, 1.82) is 0 Å². The van der Waals surface area contributed by atoms with Gasteiger partial charge in [-0.15, -0.1) is 0 Å². The molecule has 11 heteroatoms. The van der Waals surface area contributed by atoms with Crippen LogP contribution in [0.4, 0.5) is 10.8 Å². The van der Waals surface area contributed by atoms with Crippen molar-refractivity contribution in [3.8, 4) is 0 Å². The number of halogens is 1. The summed E-state index contributed by atoms with van der Waals surface area (Å²) in [4.78, 5) is 64.1. The van der Waals surface area contributed by atoms with Gasteiger partial charge in [-0.2, -0.15) is 0 Å². The van der Waals surface area contributed by atoms with Crippen LogP contribution >= 0.6 is 22.9 Å². The lowest BCUT2D eigenvalue weighted by molar-refractivity contribution is -0.121. The number of hydrogen-bond acceptors (Lipinski definition) is 8. The van der Waals surface area contributed by atoms with Gasteiger partial charge in [0.2, 0.25) is 5.76 Å². The zero-order valence-electron chi connectivity index (χ0n) is 23.2. The number of thiazole rings is 1. The van der Waals surface area contributed by atoms with E-state index >= 15 is 4.79 Å². The summed E-state index contributed by atoms with van der Waals surface area (Å²) in [6, 6.07) is 20.7. The Kier molecular flexibility index (Phi) is 6.49. The molecule has 0 aliphatic carbocycles. The van der Waals surface area contributed by atoms with Gasteiger partial charge in [0.15, 0.2) is 16.1 Å². The number of aromatic nitrogens is 1. The van der Waals surface area contributed by atoms with Crippen LogP contribution in [0, 0.1) is 6.92 Å². The molecule has 0 saturated heterocycles. The van der Waals surface area contributed by atoms with Gasteiger partial charge in [-0.25, -0.2) is 9.78 Å². The summed E-state index contributed by atoms with van der Waals surface area (Å²) in [6.07, 6.45) is 1.44. The van der Waals surface area contributed by atoms with E-state index in [-0.39, 0.29) is 45.5 Å². The number of rotatable bonds is 6. The van der Waals surface area contributed by atoms with E-state index in [0.717, 1.165) is 11.3 Å². The predicted octanol–water partition coefficient (Wildman–Crippen LogP) is 6.00. The lowest BCUT2D eigenvalue weighted by atomic mass is 9.84. The van der Waals surface area contributed by atoms with E-state index in [9.17, 15) is 14.4 Å². The van der Waals surface area contributed by atoms with Crippen LogP contribution in [-0.4, -0.2) is 29.4 Å². The van der Waals surface area contributed by atoms with Gasteiger partial charge in [-0.1, -0.05) is 84.1 Å². The minimum absolute atomic E-state index is 0.0165. The Morgan fingerprint density at radius 1 is 1.07 bits per heavy atom. The van der Waals surface area contributed by atoms with Gasteiger partial charge in [-0.3, -0.25) is 19.3 Å². The average molecular weight is 624 g/mol. The molecule has 1 atom stereocenters. The lowest BCUT2D eigenvalue weighted by Gasteiger charge is -2.32. The van der Waals surface area contributed by atoms with Gasteiger partial charge in [-0.05, 0) is 36.8 Å². The number of amides is 2. The van der Waals surface area contributed by atoms with E-state index < -0.39 is 28.8 Å². The first-order valence-electron chi connectivity index (χ1n) is 13.6. The fourth-order valence-electron chi connectivity index (χ4n) is 5.93. The highest BCUT2D eigenvalue weighted by atomic mass is 35.5. The van der Waals surface area contributed by atoms with Gasteiger partial charge in [0.25, 0.3) is 11.8 Å². The van der Waals surface area contributed by atoms with Crippen LogP contribution in [-0.2, 0) is 21.6 Å². The fraction of sp³-hybridized carbons (Fsp3) is 0.121. The highest BCUT2D eigenvalue weighted by molar-refractivity contribution is 7.17. The molecule has 9 nitrogen and oxygen atoms in total. The summed E-state index contributed by atoms with van der Waals surface area (Å²) in [5.41, 5.74) is -0.519. The third-order valence-corrected chi connectivity index (χ3v) is 9.30. The zero-order chi connectivity index (χ0) is 30.7. The van der Waals surface area contributed by atoms with Crippen molar-refractivity contribution >= 4 is 62.5 Å². The van der Waals surface area contributed by atoms with Crippen molar-refractivity contribution in [1.82, 2.24) is 4.98 Å². The molecule has 1 spiro atoms. The number of nitrogens with zero attached hydrogens (tertiary/aromatic N) is 3. The van der Waals surface area contributed by atoms with Crippen molar-refractivity contribution < 1.29 is 23.5 Å². The Labute approximate surface area is 259 Å². The molecule has 0 fully saturated rings. The summed E-state index contributed by atoms with van der Waals surface area (Å²) in [5, 5.41) is 0.719. The van der Waals surface area contributed by atoms with Gasteiger partial charge in [0.1, 0.15) is 17.1 Å². The summed E-state index contributed by atoms with van der Waals surface area (Å²) in [6.45, 7) is 5.23. The molecule has 0 bridgehead atoms. The first kappa shape index (κ1) is 27.8. The lowest BCUT2D eigenvalue weighted by Crippen LogP contribution is -2.53. The van der Waals surface area contributed by atoms with Crippen molar-refractivity contribution in [3.63, 3.8) is 0 Å². The molecule has 0 N–H and O–H groups in total. The smallest absolute Gasteiger partial charge is 0.350 e. The standard InChI is InChI=1S/C33H22ClN3O6S/c1-3-16-42-30(40)28-18(2)35-32(44-28)37-29(39)27-25(26(38)20-11-5-9-15-24(20)43-27)33(37)21-12-6-8-14-23(21)36(31(33)41)17-19-10-4-7-13-22(19)34/h3-15H,1,16-17H2,2H3. The molecule has 5 aromatic rings. The maximum atomic E-state index is 15.0. The molecule has 2 aliphatic heterocycles. The zero-order valence-corrected chi connectivity index (χ0v) is 24.8. The highest BCUT2D eigenvalue weighted by Gasteiger charge is 2.66. The molecule has 2 aromatic heterocycles. The summed E-state index contributed by atoms with van der Waals surface area (Å²) in [7, 11) is 0. The average Bonchev–Trinajstić information content (AvgIpc) is 3.62. The van der Waals surface area contributed by atoms with E-state index in [1.54, 1.807) is 67.6 Å². The quantitative estimate of drug-likeness (QED) is 0.168. The van der Waals surface area contributed by atoms with Crippen molar-refractivity contribution in [3.05, 3.63) is 134 Å². The van der Waals surface area contributed by atoms with Crippen LogP contribution < -0.4 is 15.2 Å². The highest BCUT2D eigenvalue weighted by Crippen LogP contribution is 2.55. The van der Waals surface area contributed by atoms with Crippen LogP contribution in [0.5, 0.6) is 0 Å². The Hall–Kier alpha value is -5.06. The Morgan fingerprint density at radius 2 is 1.80 bits per heavy atom. The molecule has 7 rings (SSSR count). The molecule has 2 amide bonds. The molecular formula is C33H22ClN3O6S. The van der Waals surface area contributed by atoms with E-state index in [0.29, 0.717) is 27.5 Å². The number of carbonyl (C=O) groups is 3. The molecule has 44 heavy (non-hydrogen) atoms. The Morgan fingerprint density at radius 3 is 2.59 bits per heavy atom. The van der Waals surface area contributed by atoms with Gasteiger partial charge < -0.3 is 14.1 Å². The molecule has 4 heterocycles. The number of carbonyl (C=O) groups excluding carboxylic acids is 3. The molecule has 3 aromatic carbocycles. The Bertz CT molecular complexity index is 2120. The molecule has 2 aliphatic rings. The molecule has 0 radical (unpaired) electrons. The van der Waals surface area contributed by atoms with Crippen molar-refractivity contribution in [2.45, 2.75) is 19.0 Å². The second-order valence-electron chi connectivity index (χ2n) is 10.3. The normalized spacial score (nSPS) is 17.0. The first-order valence-corrected chi connectivity index (χ1v) is 14.8. The number of aryl methyl sites for hydroxylation is 1. The third-order valence-electron chi connectivity index (χ3n) is 7.81. The van der Waals surface area contributed by atoms with Gasteiger partial charge in [0, 0.05) is 10.6 Å². The monoisotopic (exact) mass is 623 g/mol. The molecular weight excluding hydrogens is 602 g/mol. The largest absolute Gasteiger partial charge is 0.457 e. The van der Waals surface area contributed by atoms with E-state index in [2.05, 4.69) is 11.6 Å². The summed E-state index contributed by atoms with van der Waals surface area (Å²) < 4.78 is 11.3. The number of anilines is 2. The van der Waals surface area contributed by atoms with Crippen LogP contribution in [0.2, 0.25) is 5.02 Å². The Balaban J connectivity index is 1.52. The minimum Gasteiger partial charge on any atom is -0.457 e. The van der Waals surface area contributed by atoms with E-state index in [1.807, 2.05) is 12.1 Å². The summed E-state index contributed by atoms with van der Waals surface area (Å²) >= 11 is 7.40.